The van der Waals surface area contributed by atoms with Crippen LogP contribution in [0.2, 0.25) is 0 Å². The number of benzene rings is 2. The topological polar surface area (TPSA) is 101 Å². The molecular weight excluding hydrogens is 426 g/mol. The number of rotatable bonds is 9. The van der Waals surface area contributed by atoms with Crippen LogP contribution in [-0.4, -0.2) is 47.4 Å². The first kappa shape index (κ1) is 23.2. The Kier molecular flexibility index (Phi) is 7.06. The summed E-state index contributed by atoms with van der Waals surface area (Å²) in [6.07, 6.45) is 6.01. The van der Waals surface area contributed by atoms with E-state index in [2.05, 4.69) is 17.3 Å². The molecule has 0 saturated heterocycles. The first-order chi connectivity index (χ1) is 16.5. The molecule has 0 aliphatic carbocycles. The zero-order valence-electron chi connectivity index (χ0n) is 20.0. The summed E-state index contributed by atoms with van der Waals surface area (Å²) in [5.41, 5.74) is 11.1. The predicted octanol–water partition coefficient (Wildman–Crippen LogP) is 4.43. The second kappa shape index (κ2) is 10.3. The van der Waals surface area contributed by atoms with Gasteiger partial charge in [0.15, 0.2) is 5.65 Å². The van der Waals surface area contributed by atoms with Crippen molar-refractivity contribution in [3.8, 4) is 0 Å². The Morgan fingerprint density at radius 1 is 1.06 bits per heavy atom. The van der Waals surface area contributed by atoms with Crippen LogP contribution >= 0.6 is 0 Å². The smallest absolute Gasteiger partial charge is 0.257 e. The fraction of sp³-hybridized carbons (Fsp3) is 0.308. The van der Waals surface area contributed by atoms with Gasteiger partial charge in [-0.2, -0.15) is 9.78 Å². The molecule has 0 atom stereocenters. The summed E-state index contributed by atoms with van der Waals surface area (Å²) in [6.45, 7) is 2.75. The molecule has 4 aromatic rings. The Morgan fingerprint density at radius 3 is 2.44 bits per heavy atom. The van der Waals surface area contributed by atoms with Crippen LogP contribution in [0, 0.1) is 0 Å². The highest BCUT2D eigenvalue weighted by Gasteiger charge is 2.23. The van der Waals surface area contributed by atoms with E-state index in [4.69, 9.17) is 15.7 Å². The highest BCUT2D eigenvalue weighted by Crippen LogP contribution is 2.28. The largest absolute Gasteiger partial charge is 0.383 e. The quantitative estimate of drug-likeness (QED) is 0.286. The normalized spacial score (nSPS) is 11.5. The van der Waals surface area contributed by atoms with E-state index in [1.54, 1.807) is 6.21 Å². The summed E-state index contributed by atoms with van der Waals surface area (Å²) in [7, 11) is 3.99. The maximum absolute atomic E-state index is 13.1. The molecule has 2 aromatic heterocycles. The fourth-order valence-electron chi connectivity index (χ4n) is 3.81. The third-order valence-corrected chi connectivity index (χ3v) is 5.75. The van der Waals surface area contributed by atoms with Crippen LogP contribution in [0.25, 0.3) is 22.2 Å². The summed E-state index contributed by atoms with van der Waals surface area (Å²) in [5, 5.41) is 7.57. The van der Waals surface area contributed by atoms with E-state index in [1.165, 1.54) is 4.68 Å². The number of unbranched alkanes of at least 4 members (excludes halogenated alkanes) is 3. The fourth-order valence-corrected chi connectivity index (χ4v) is 3.81. The minimum Gasteiger partial charge on any atom is -0.383 e. The molecule has 0 spiro atoms. The molecule has 0 unspecified atom stereocenters. The van der Waals surface area contributed by atoms with Crippen LogP contribution in [0.4, 0.5) is 11.5 Å². The molecule has 0 bridgehead atoms. The van der Waals surface area contributed by atoms with Gasteiger partial charge in [0, 0.05) is 26.3 Å². The van der Waals surface area contributed by atoms with Crippen LogP contribution < -0.4 is 16.0 Å². The van der Waals surface area contributed by atoms with Gasteiger partial charge in [-0.05, 0) is 36.2 Å². The van der Waals surface area contributed by atoms with Crippen molar-refractivity contribution in [2.24, 2.45) is 5.10 Å². The number of nitrogens with zero attached hydrogens (tertiary/aromatic N) is 5. The van der Waals surface area contributed by atoms with E-state index < -0.39 is 0 Å². The minimum atomic E-state index is -0.257. The zero-order valence-corrected chi connectivity index (χ0v) is 20.0. The minimum absolute atomic E-state index is 0.220. The number of carbonyl (C=O) groups excluding carboxylic acids is 1. The third kappa shape index (κ3) is 4.85. The number of carbonyl (C=O) groups is 1. The lowest BCUT2D eigenvalue weighted by Gasteiger charge is -2.11. The Hall–Kier alpha value is -3.94. The van der Waals surface area contributed by atoms with Crippen LogP contribution in [0.5, 0.6) is 0 Å². The molecule has 34 heavy (non-hydrogen) atoms. The lowest BCUT2D eigenvalue weighted by atomic mass is 10.2. The number of para-hydroxylation sites is 2. The van der Waals surface area contributed by atoms with Crippen molar-refractivity contribution in [3.63, 3.8) is 0 Å². The molecule has 0 aliphatic rings. The second-order valence-corrected chi connectivity index (χ2v) is 8.50. The van der Waals surface area contributed by atoms with E-state index >= 15 is 0 Å². The van der Waals surface area contributed by atoms with Crippen molar-refractivity contribution in [1.29, 1.82) is 0 Å². The lowest BCUT2D eigenvalue weighted by molar-refractivity contribution is 0.0955. The number of amides is 1. The number of hydrogen-bond acceptors (Lipinski definition) is 6. The van der Waals surface area contributed by atoms with Crippen molar-refractivity contribution >= 4 is 45.8 Å². The van der Waals surface area contributed by atoms with Crippen molar-refractivity contribution in [2.45, 2.75) is 32.6 Å². The average molecular weight is 458 g/mol. The Labute approximate surface area is 199 Å². The van der Waals surface area contributed by atoms with Crippen molar-refractivity contribution in [3.05, 3.63) is 59.7 Å². The Morgan fingerprint density at radius 2 is 1.76 bits per heavy atom. The van der Waals surface area contributed by atoms with Crippen molar-refractivity contribution < 1.29 is 4.79 Å². The van der Waals surface area contributed by atoms with Gasteiger partial charge in [0.05, 0.1) is 17.2 Å². The van der Waals surface area contributed by atoms with E-state index in [1.807, 2.05) is 67.5 Å². The van der Waals surface area contributed by atoms with Crippen molar-refractivity contribution in [2.75, 3.05) is 31.3 Å². The molecule has 4 rings (SSSR count). The number of anilines is 2. The van der Waals surface area contributed by atoms with Gasteiger partial charge >= 0.3 is 0 Å². The van der Waals surface area contributed by atoms with Gasteiger partial charge < -0.3 is 16.0 Å². The monoisotopic (exact) mass is 457 g/mol. The Balaban J connectivity index is 1.72. The predicted molar refractivity (Wildman–Crippen MR) is 140 cm³/mol. The highest BCUT2D eigenvalue weighted by molar-refractivity contribution is 6.10. The highest BCUT2D eigenvalue weighted by atomic mass is 16.1. The van der Waals surface area contributed by atoms with Crippen LogP contribution in [-0.2, 0) is 0 Å². The molecule has 176 valence electrons. The maximum Gasteiger partial charge on any atom is 0.257 e. The number of aromatic nitrogens is 3. The van der Waals surface area contributed by atoms with Gasteiger partial charge in [0.2, 0.25) is 0 Å². The summed E-state index contributed by atoms with van der Waals surface area (Å²) in [6, 6.07) is 15.5. The molecule has 0 aliphatic heterocycles. The molecule has 2 aromatic carbocycles. The van der Waals surface area contributed by atoms with E-state index in [0.29, 0.717) is 34.3 Å². The van der Waals surface area contributed by atoms with Gasteiger partial charge in [-0.1, -0.05) is 50.5 Å². The third-order valence-electron chi connectivity index (χ3n) is 5.75. The van der Waals surface area contributed by atoms with E-state index in [0.717, 1.165) is 36.9 Å². The lowest BCUT2D eigenvalue weighted by Crippen LogP contribution is -2.25. The molecular formula is C26H31N7O. The first-order valence-corrected chi connectivity index (χ1v) is 11.7. The van der Waals surface area contributed by atoms with Gasteiger partial charge in [-0.25, -0.2) is 9.97 Å². The van der Waals surface area contributed by atoms with Crippen LogP contribution in [0.3, 0.4) is 0 Å². The van der Waals surface area contributed by atoms with Crippen LogP contribution in [0.1, 0.15) is 48.5 Å². The molecule has 0 saturated carbocycles. The molecule has 8 heteroatoms. The second-order valence-electron chi connectivity index (χ2n) is 8.50. The van der Waals surface area contributed by atoms with E-state index in [9.17, 15) is 4.79 Å². The Bertz CT molecular complexity index is 1320. The summed E-state index contributed by atoms with van der Waals surface area (Å²) in [5.74, 6) is -0.0367. The SMILES string of the molecule is CCCCCCNC(=O)c1c(N)n(N=Cc2ccc(N(C)C)cc2)c2nc3ccccc3nc12. The standard InChI is InChI=1S/C26H31N7O/c1-4-5-6-9-16-28-26(34)22-23-25(31-21-11-8-7-10-20(21)30-23)33(24(22)27)29-17-18-12-14-19(15-13-18)32(2)3/h7-8,10-15,17H,4-6,9,16,27H2,1-3H3,(H,28,34). The number of hydrogen-bond donors (Lipinski definition) is 2. The summed E-state index contributed by atoms with van der Waals surface area (Å²) >= 11 is 0. The van der Waals surface area contributed by atoms with Gasteiger partial charge in [0.1, 0.15) is 16.9 Å². The number of fused-ring (bicyclic) bond motifs is 2. The molecule has 1 amide bonds. The van der Waals surface area contributed by atoms with Crippen LogP contribution in [0.15, 0.2) is 53.6 Å². The molecule has 0 radical (unpaired) electrons. The number of nitrogen functional groups attached to an aromatic ring is 1. The zero-order chi connectivity index (χ0) is 24.1. The van der Waals surface area contributed by atoms with Gasteiger partial charge in [-0.15, -0.1) is 0 Å². The number of nitrogens with one attached hydrogen (secondary N) is 1. The van der Waals surface area contributed by atoms with Crippen molar-refractivity contribution in [1.82, 2.24) is 20.0 Å². The maximum atomic E-state index is 13.1. The molecule has 8 nitrogen and oxygen atoms in total. The summed E-state index contributed by atoms with van der Waals surface area (Å²) < 4.78 is 1.50. The summed E-state index contributed by atoms with van der Waals surface area (Å²) in [4.78, 5) is 24.6. The first-order valence-electron chi connectivity index (χ1n) is 11.7. The molecule has 0 fully saturated rings. The number of nitrogens with two attached hydrogens (primary N) is 1. The molecule has 3 N–H and O–H groups in total. The van der Waals surface area contributed by atoms with Gasteiger partial charge in [-0.3, -0.25) is 4.79 Å². The van der Waals surface area contributed by atoms with Gasteiger partial charge in [0.25, 0.3) is 5.91 Å². The van der Waals surface area contributed by atoms with E-state index in [-0.39, 0.29) is 11.7 Å². The average Bonchev–Trinajstić information content (AvgIpc) is 3.11. The molecule has 2 heterocycles.